The molecule has 1 N–H and O–H groups in total. The number of aryl methyl sites for hydroxylation is 3. The molecule has 0 fully saturated rings. The van der Waals surface area contributed by atoms with Gasteiger partial charge < -0.3 is 5.32 Å². The van der Waals surface area contributed by atoms with E-state index in [1.165, 1.54) is 10.4 Å². The van der Waals surface area contributed by atoms with Gasteiger partial charge in [0.15, 0.2) is 0 Å². The summed E-state index contributed by atoms with van der Waals surface area (Å²) >= 11 is 1.61. The summed E-state index contributed by atoms with van der Waals surface area (Å²) < 4.78 is 0. The van der Waals surface area contributed by atoms with Crippen LogP contribution in [0.25, 0.3) is 0 Å². The number of nitrogens with zero attached hydrogens (tertiary/aromatic N) is 2. The molecule has 0 aliphatic heterocycles. The summed E-state index contributed by atoms with van der Waals surface area (Å²) in [5.41, 5.74) is 6.14. The number of benzene rings is 1. The zero-order valence-electron chi connectivity index (χ0n) is 14.4. The van der Waals surface area contributed by atoms with E-state index in [2.05, 4.69) is 46.5 Å². The number of carbonyl (C=O) groups is 1. The number of hydrogen-bond acceptors (Lipinski definition) is 4. The van der Waals surface area contributed by atoms with Crippen molar-refractivity contribution in [2.45, 2.75) is 32.7 Å². The summed E-state index contributed by atoms with van der Waals surface area (Å²) in [6, 6.07) is 12.0. The van der Waals surface area contributed by atoms with Gasteiger partial charge in [-0.05, 0) is 43.5 Å². The Balaban J connectivity index is 1.74. The van der Waals surface area contributed by atoms with Crippen LogP contribution in [0.5, 0.6) is 0 Å². The Labute approximate surface area is 152 Å². The van der Waals surface area contributed by atoms with Gasteiger partial charge in [0.05, 0.1) is 17.2 Å². The van der Waals surface area contributed by atoms with E-state index in [1.807, 2.05) is 24.6 Å². The fraction of sp³-hybridized carbons (Fsp3) is 0.250. The highest BCUT2D eigenvalue weighted by Gasteiger charge is 2.17. The fourth-order valence-corrected chi connectivity index (χ4v) is 3.48. The molecular weight excluding hydrogens is 330 g/mol. The number of aromatic nitrogens is 2. The second-order valence-corrected chi connectivity index (χ2v) is 6.99. The highest BCUT2D eigenvalue weighted by atomic mass is 32.1. The highest BCUT2D eigenvalue weighted by Crippen LogP contribution is 2.22. The summed E-state index contributed by atoms with van der Waals surface area (Å²) in [7, 11) is 0. The molecule has 0 aliphatic carbocycles. The van der Waals surface area contributed by atoms with Crippen molar-refractivity contribution in [1.29, 1.82) is 0 Å². The molecule has 128 valence electrons. The molecule has 3 rings (SSSR count). The van der Waals surface area contributed by atoms with E-state index < -0.39 is 0 Å². The van der Waals surface area contributed by atoms with Crippen LogP contribution in [0, 0.1) is 13.8 Å². The van der Waals surface area contributed by atoms with Crippen LogP contribution in [0.4, 0.5) is 0 Å². The van der Waals surface area contributed by atoms with Gasteiger partial charge in [-0.3, -0.25) is 9.78 Å². The number of rotatable bonds is 6. The van der Waals surface area contributed by atoms with Crippen LogP contribution in [-0.4, -0.2) is 15.9 Å². The fourth-order valence-electron chi connectivity index (χ4n) is 2.70. The van der Waals surface area contributed by atoms with E-state index in [0.29, 0.717) is 6.42 Å². The number of hydrogen-bond donors (Lipinski definition) is 1. The molecule has 2 heterocycles. The molecule has 4 nitrogen and oxygen atoms in total. The maximum Gasteiger partial charge on any atom is 0.221 e. The zero-order valence-corrected chi connectivity index (χ0v) is 15.2. The molecule has 1 aromatic carbocycles. The van der Waals surface area contributed by atoms with Gasteiger partial charge in [0.25, 0.3) is 0 Å². The molecule has 3 aromatic rings. The van der Waals surface area contributed by atoms with Crippen molar-refractivity contribution < 1.29 is 4.79 Å². The van der Waals surface area contributed by atoms with E-state index in [4.69, 9.17) is 0 Å². The quantitative estimate of drug-likeness (QED) is 0.730. The minimum atomic E-state index is -0.168. The minimum absolute atomic E-state index is 0.0372. The number of carbonyl (C=O) groups excluding carboxylic acids is 1. The molecule has 0 saturated carbocycles. The Hall–Kier alpha value is -2.53. The maximum atomic E-state index is 12.5. The lowest BCUT2D eigenvalue weighted by atomic mass is 9.98. The maximum absolute atomic E-state index is 12.5. The monoisotopic (exact) mass is 351 g/mol. The lowest BCUT2D eigenvalue weighted by Gasteiger charge is -2.20. The third-order valence-electron chi connectivity index (χ3n) is 4.18. The first-order valence-electron chi connectivity index (χ1n) is 8.28. The Kier molecular flexibility index (Phi) is 5.56. The van der Waals surface area contributed by atoms with Crippen LogP contribution in [0.2, 0.25) is 0 Å². The average molecular weight is 351 g/mol. The molecule has 0 bridgehead atoms. The van der Waals surface area contributed by atoms with Crippen LogP contribution in [0.1, 0.15) is 39.7 Å². The van der Waals surface area contributed by atoms with E-state index in [1.54, 1.807) is 23.7 Å². The van der Waals surface area contributed by atoms with Gasteiger partial charge in [-0.2, -0.15) is 0 Å². The lowest BCUT2D eigenvalue weighted by Crippen LogP contribution is -2.29. The summed E-state index contributed by atoms with van der Waals surface area (Å²) in [5, 5.41) is 3.17. The average Bonchev–Trinajstić information content (AvgIpc) is 3.04. The second kappa shape index (κ2) is 8.03. The molecule has 0 spiro atoms. The Morgan fingerprint density at radius 2 is 1.76 bits per heavy atom. The van der Waals surface area contributed by atoms with Crippen LogP contribution < -0.4 is 5.32 Å². The van der Waals surface area contributed by atoms with Crippen LogP contribution in [0.3, 0.4) is 0 Å². The number of pyridine rings is 1. The largest absolute Gasteiger partial charge is 0.345 e. The second-order valence-electron chi connectivity index (χ2n) is 6.05. The van der Waals surface area contributed by atoms with Crippen LogP contribution >= 0.6 is 11.3 Å². The predicted octanol–water partition coefficient (Wildman–Crippen LogP) is 3.99. The van der Waals surface area contributed by atoms with Crippen molar-refractivity contribution >= 4 is 17.2 Å². The van der Waals surface area contributed by atoms with Crippen molar-refractivity contribution in [2.24, 2.45) is 0 Å². The van der Waals surface area contributed by atoms with E-state index in [-0.39, 0.29) is 11.9 Å². The van der Waals surface area contributed by atoms with E-state index >= 15 is 0 Å². The molecule has 1 unspecified atom stereocenters. The first-order chi connectivity index (χ1) is 12.1. The molecule has 0 saturated heterocycles. The van der Waals surface area contributed by atoms with Crippen molar-refractivity contribution in [1.82, 2.24) is 15.3 Å². The third kappa shape index (κ3) is 4.51. The molecule has 1 amide bonds. The van der Waals surface area contributed by atoms with Gasteiger partial charge in [-0.25, -0.2) is 4.98 Å². The van der Waals surface area contributed by atoms with Crippen molar-refractivity contribution in [3.8, 4) is 0 Å². The number of nitrogens with one attached hydrogen (secondary N) is 1. The number of thiazole rings is 1. The topological polar surface area (TPSA) is 54.9 Å². The third-order valence-corrected chi connectivity index (χ3v) is 5.17. The minimum Gasteiger partial charge on any atom is -0.345 e. The molecule has 0 radical (unpaired) electrons. The van der Waals surface area contributed by atoms with Gasteiger partial charge in [0, 0.05) is 23.7 Å². The van der Waals surface area contributed by atoms with Crippen molar-refractivity contribution in [3.05, 3.63) is 81.6 Å². The summed E-state index contributed by atoms with van der Waals surface area (Å²) in [6.45, 7) is 4.04. The predicted molar refractivity (Wildman–Crippen MR) is 101 cm³/mol. The van der Waals surface area contributed by atoms with E-state index in [0.717, 1.165) is 23.2 Å². The standard InChI is InChI=1S/C20H21N3OS/c1-14-3-5-16(6-4-14)20(17-9-11-21-12-10-17)23-19(24)8-7-18-15(2)22-13-25-18/h3-6,9-13,20H,7-8H2,1-2H3,(H,23,24). The molecule has 1 atom stereocenters. The van der Waals surface area contributed by atoms with Crippen molar-refractivity contribution in [3.63, 3.8) is 0 Å². The molecule has 25 heavy (non-hydrogen) atoms. The zero-order chi connectivity index (χ0) is 17.6. The molecule has 5 heteroatoms. The van der Waals surface area contributed by atoms with Crippen molar-refractivity contribution in [2.75, 3.05) is 0 Å². The van der Waals surface area contributed by atoms with Gasteiger partial charge >= 0.3 is 0 Å². The number of amides is 1. The van der Waals surface area contributed by atoms with Gasteiger partial charge in [-0.15, -0.1) is 11.3 Å². The van der Waals surface area contributed by atoms with Gasteiger partial charge in [0.2, 0.25) is 5.91 Å². The Morgan fingerprint density at radius 3 is 2.40 bits per heavy atom. The smallest absolute Gasteiger partial charge is 0.221 e. The molecule has 2 aromatic heterocycles. The summed E-state index contributed by atoms with van der Waals surface area (Å²) in [5.74, 6) is 0.0372. The normalized spacial score (nSPS) is 11.9. The SMILES string of the molecule is Cc1ccc(C(NC(=O)CCc2scnc2C)c2ccncc2)cc1. The lowest BCUT2D eigenvalue weighted by molar-refractivity contribution is -0.121. The van der Waals surface area contributed by atoms with Gasteiger partial charge in [0.1, 0.15) is 0 Å². The molecule has 0 aliphatic rings. The van der Waals surface area contributed by atoms with Crippen LogP contribution in [0.15, 0.2) is 54.3 Å². The summed E-state index contributed by atoms with van der Waals surface area (Å²) in [6.07, 6.45) is 4.68. The van der Waals surface area contributed by atoms with Gasteiger partial charge in [-0.1, -0.05) is 29.8 Å². The summed E-state index contributed by atoms with van der Waals surface area (Å²) in [4.78, 5) is 22.0. The Bertz CT molecular complexity index is 828. The first kappa shape index (κ1) is 17.3. The first-order valence-corrected chi connectivity index (χ1v) is 9.16. The van der Waals surface area contributed by atoms with E-state index in [9.17, 15) is 4.79 Å². The van der Waals surface area contributed by atoms with Crippen LogP contribution in [-0.2, 0) is 11.2 Å². The molecular formula is C20H21N3OS. The Morgan fingerprint density at radius 1 is 1.08 bits per heavy atom. The highest BCUT2D eigenvalue weighted by molar-refractivity contribution is 7.09.